The van der Waals surface area contributed by atoms with Crippen molar-refractivity contribution in [2.75, 3.05) is 16.0 Å². The smallest absolute Gasteiger partial charge is 0.322 e. The number of hydrogen-bond acceptors (Lipinski definition) is 2. The number of carbonyl (C=O) groups is 2. The van der Waals surface area contributed by atoms with Gasteiger partial charge in [-0.15, -0.1) is 0 Å². The highest BCUT2D eigenvalue weighted by Gasteiger charge is 2.14. The molecule has 0 saturated carbocycles. The van der Waals surface area contributed by atoms with Crippen LogP contribution in [0, 0.1) is 27.7 Å². The Bertz CT molecular complexity index is 1070. The highest BCUT2D eigenvalue weighted by Crippen LogP contribution is 2.21. The standard InChI is InChI=1S/C24H25N3O2/c1-15-9-11-20(17(3)13-15)25-23(28)19-7-5-6-8-22(19)27-24(29)26-21-12-10-16(2)14-18(21)4/h5-14H,1-4H3,(H,25,28)(H2,26,27,29). The van der Waals surface area contributed by atoms with Crippen LogP contribution in [0.2, 0.25) is 0 Å². The minimum absolute atomic E-state index is 0.278. The van der Waals surface area contributed by atoms with Crippen molar-refractivity contribution in [3.63, 3.8) is 0 Å². The van der Waals surface area contributed by atoms with Crippen molar-refractivity contribution in [1.29, 1.82) is 0 Å². The van der Waals surface area contributed by atoms with Crippen LogP contribution in [0.1, 0.15) is 32.6 Å². The molecule has 3 rings (SSSR count). The molecule has 3 aromatic carbocycles. The number of para-hydroxylation sites is 1. The van der Waals surface area contributed by atoms with Gasteiger partial charge in [-0.2, -0.15) is 0 Å². The topological polar surface area (TPSA) is 70.2 Å². The maximum absolute atomic E-state index is 12.8. The van der Waals surface area contributed by atoms with Gasteiger partial charge < -0.3 is 16.0 Å². The first-order chi connectivity index (χ1) is 13.8. The van der Waals surface area contributed by atoms with Gasteiger partial charge in [-0.1, -0.05) is 47.5 Å². The number of rotatable bonds is 4. The zero-order chi connectivity index (χ0) is 21.0. The molecular weight excluding hydrogens is 362 g/mol. The minimum atomic E-state index is -0.399. The summed E-state index contributed by atoms with van der Waals surface area (Å²) in [6.45, 7) is 7.89. The molecule has 5 nitrogen and oxygen atoms in total. The van der Waals surface area contributed by atoms with Crippen molar-refractivity contribution in [2.45, 2.75) is 27.7 Å². The highest BCUT2D eigenvalue weighted by molar-refractivity contribution is 6.11. The lowest BCUT2D eigenvalue weighted by Crippen LogP contribution is -2.23. The van der Waals surface area contributed by atoms with Crippen molar-refractivity contribution in [2.24, 2.45) is 0 Å². The summed E-state index contributed by atoms with van der Waals surface area (Å²) >= 11 is 0. The van der Waals surface area contributed by atoms with Crippen LogP contribution in [0.5, 0.6) is 0 Å². The molecule has 0 saturated heterocycles. The molecule has 3 aromatic rings. The molecule has 0 aliphatic heterocycles. The first-order valence-electron chi connectivity index (χ1n) is 9.46. The van der Waals surface area contributed by atoms with Crippen molar-refractivity contribution >= 4 is 29.0 Å². The lowest BCUT2D eigenvalue weighted by molar-refractivity contribution is 0.102. The van der Waals surface area contributed by atoms with Gasteiger partial charge in [0.05, 0.1) is 11.3 Å². The summed E-state index contributed by atoms with van der Waals surface area (Å²) in [4.78, 5) is 25.3. The summed E-state index contributed by atoms with van der Waals surface area (Å²) in [5.74, 6) is -0.278. The van der Waals surface area contributed by atoms with E-state index < -0.39 is 6.03 Å². The molecule has 0 bridgehead atoms. The summed E-state index contributed by atoms with van der Waals surface area (Å²) in [6, 6.07) is 18.2. The number of aryl methyl sites for hydroxylation is 4. The number of amides is 3. The van der Waals surface area contributed by atoms with Crippen LogP contribution in [0.15, 0.2) is 60.7 Å². The molecule has 3 amide bonds. The largest absolute Gasteiger partial charge is 0.323 e. The Kier molecular flexibility index (Phi) is 5.98. The number of hydrogen-bond donors (Lipinski definition) is 3. The summed E-state index contributed by atoms with van der Waals surface area (Å²) in [5.41, 5.74) is 6.52. The summed E-state index contributed by atoms with van der Waals surface area (Å²) in [7, 11) is 0. The number of anilines is 3. The van der Waals surface area contributed by atoms with Crippen molar-refractivity contribution in [3.05, 3.63) is 88.5 Å². The van der Waals surface area contributed by atoms with Gasteiger partial charge in [0.2, 0.25) is 0 Å². The molecule has 0 spiro atoms. The van der Waals surface area contributed by atoms with Crippen molar-refractivity contribution in [3.8, 4) is 0 Å². The molecule has 5 heteroatoms. The summed E-state index contributed by atoms with van der Waals surface area (Å²) in [5, 5.41) is 8.54. The monoisotopic (exact) mass is 387 g/mol. The van der Waals surface area contributed by atoms with Gasteiger partial charge in [0.1, 0.15) is 0 Å². The number of carbonyl (C=O) groups excluding carboxylic acids is 2. The summed E-state index contributed by atoms with van der Waals surface area (Å²) in [6.07, 6.45) is 0. The van der Waals surface area contributed by atoms with Gasteiger partial charge in [-0.3, -0.25) is 4.79 Å². The molecule has 0 aliphatic rings. The maximum Gasteiger partial charge on any atom is 0.323 e. The van der Waals surface area contributed by atoms with Crippen LogP contribution >= 0.6 is 0 Å². The third kappa shape index (κ3) is 5.02. The SMILES string of the molecule is Cc1ccc(NC(=O)Nc2ccccc2C(=O)Nc2ccc(C)cc2C)c(C)c1. The van der Waals surface area contributed by atoms with Crippen LogP contribution < -0.4 is 16.0 Å². The number of urea groups is 1. The second kappa shape index (κ2) is 8.61. The molecule has 0 atom stereocenters. The second-order valence-corrected chi connectivity index (χ2v) is 7.22. The van der Waals surface area contributed by atoms with E-state index in [-0.39, 0.29) is 5.91 Å². The van der Waals surface area contributed by atoms with Gasteiger partial charge in [0.15, 0.2) is 0 Å². The molecule has 29 heavy (non-hydrogen) atoms. The van der Waals surface area contributed by atoms with E-state index in [0.29, 0.717) is 11.3 Å². The van der Waals surface area contributed by atoms with E-state index in [9.17, 15) is 9.59 Å². The van der Waals surface area contributed by atoms with E-state index >= 15 is 0 Å². The van der Waals surface area contributed by atoms with Crippen LogP contribution in [0.4, 0.5) is 21.9 Å². The molecule has 0 heterocycles. The Morgan fingerprint density at radius 3 is 1.72 bits per heavy atom. The normalized spacial score (nSPS) is 10.3. The Hall–Kier alpha value is -3.60. The molecular formula is C24H25N3O2. The van der Waals surface area contributed by atoms with Gasteiger partial charge in [0, 0.05) is 11.4 Å². The fraction of sp³-hybridized carbons (Fsp3) is 0.167. The van der Waals surface area contributed by atoms with Crippen LogP contribution in [-0.2, 0) is 0 Å². The second-order valence-electron chi connectivity index (χ2n) is 7.22. The van der Waals surface area contributed by atoms with Gasteiger partial charge in [-0.05, 0) is 63.1 Å². The van der Waals surface area contributed by atoms with Crippen molar-refractivity contribution in [1.82, 2.24) is 0 Å². The van der Waals surface area contributed by atoms with Gasteiger partial charge >= 0.3 is 6.03 Å². The van der Waals surface area contributed by atoms with Crippen LogP contribution in [-0.4, -0.2) is 11.9 Å². The van der Waals surface area contributed by atoms with Crippen LogP contribution in [0.25, 0.3) is 0 Å². The predicted octanol–water partition coefficient (Wildman–Crippen LogP) is 5.82. The van der Waals surface area contributed by atoms with Crippen LogP contribution in [0.3, 0.4) is 0 Å². The average Bonchev–Trinajstić information content (AvgIpc) is 2.66. The van der Waals surface area contributed by atoms with Gasteiger partial charge in [0.25, 0.3) is 5.91 Å². The van der Waals surface area contributed by atoms with Crippen molar-refractivity contribution < 1.29 is 9.59 Å². The van der Waals surface area contributed by atoms with E-state index in [1.54, 1.807) is 24.3 Å². The lowest BCUT2D eigenvalue weighted by atomic mass is 10.1. The Morgan fingerprint density at radius 1 is 0.621 bits per heavy atom. The van der Waals surface area contributed by atoms with Gasteiger partial charge in [-0.25, -0.2) is 4.79 Å². The predicted molar refractivity (Wildman–Crippen MR) is 119 cm³/mol. The van der Waals surface area contributed by atoms with E-state index in [4.69, 9.17) is 0 Å². The Balaban J connectivity index is 1.75. The maximum atomic E-state index is 12.8. The number of nitrogens with one attached hydrogen (secondary N) is 3. The Labute approximate surface area is 171 Å². The zero-order valence-electron chi connectivity index (χ0n) is 17.1. The number of benzene rings is 3. The first kappa shape index (κ1) is 20.1. The van der Waals surface area contributed by atoms with E-state index in [1.807, 2.05) is 64.1 Å². The molecule has 0 radical (unpaired) electrons. The molecule has 0 aliphatic carbocycles. The van der Waals surface area contributed by atoms with E-state index in [2.05, 4.69) is 16.0 Å². The average molecular weight is 387 g/mol. The molecule has 148 valence electrons. The third-order valence-electron chi connectivity index (χ3n) is 4.68. The third-order valence-corrected chi connectivity index (χ3v) is 4.68. The lowest BCUT2D eigenvalue weighted by Gasteiger charge is -2.14. The molecule has 0 unspecified atom stereocenters. The minimum Gasteiger partial charge on any atom is -0.322 e. The quantitative estimate of drug-likeness (QED) is 0.528. The molecule has 0 aromatic heterocycles. The molecule has 0 fully saturated rings. The highest BCUT2D eigenvalue weighted by atomic mass is 16.2. The zero-order valence-corrected chi connectivity index (χ0v) is 17.1. The van der Waals surface area contributed by atoms with E-state index in [1.165, 1.54) is 0 Å². The van der Waals surface area contributed by atoms with E-state index in [0.717, 1.165) is 33.6 Å². The molecule has 3 N–H and O–H groups in total. The first-order valence-corrected chi connectivity index (χ1v) is 9.46. The fourth-order valence-electron chi connectivity index (χ4n) is 3.16. The fourth-order valence-corrected chi connectivity index (χ4v) is 3.16. The Morgan fingerprint density at radius 2 is 1.14 bits per heavy atom. The summed E-state index contributed by atoms with van der Waals surface area (Å²) < 4.78 is 0.